The van der Waals surface area contributed by atoms with Crippen LogP contribution in [0.2, 0.25) is 0 Å². The Kier molecular flexibility index (Phi) is 4.41. The van der Waals surface area contributed by atoms with Gasteiger partial charge in [-0.05, 0) is 49.8 Å². The van der Waals surface area contributed by atoms with E-state index in [1.54, 1.807) is 12.1 Å². The number of carbonyl (C=O) groups is 1. The first-order valence-electron chi connectivity index (χ1n) is 7.58. The maximum Gasteiger partial charge on any atom is 0.262 e. The summed E-state index contributed by atoms with van der Waals surface area (Å²) in [4.78, 5) is 11.3. The van der Waals surface area contributed by atoms with E-state index in [1.807, 2.05) is 6.07 Å². The smallest absolute Gasteiger partial charge is 0.262 e. The van der Waals surface area contributed by atoms with E-state index in [2.05, 4.69) is 5.32 Å². The fourth-order valence-electron chi connectivity index (χ4n) is 2.85. The molecular formula is C16H21NO4. The molecule has 5 heteroatoms. The zero-order valence-corrected chi connectivity index (χ0v) is 12.0. The summed E-state index contributed by atoms with van der Waals surface area (Å²) in [7, 11) is 0. The Bertz CT molecular complexity index is 511. The Morgan fingerprint density at radius 2 is 2.29 bits per heavy atom. The number of nitrogens with one attached hydrogen (secondary N) is 1. The van der Waals surface area contributed by atoms with Gasteiger partial charge in [-0.1, -0.05) is 6.07 Å². The van der Waals surface area contributed by atoms with Gasteiger partial charge in [0.25, 0.3) is 5.91 Å². The van der Waals surface area contributed by atoms with E-state index in [0.717, 1.165) is 31.4 Å². The standard InChI is InChI=1S/C16H21NO4/c18-14(6-5-12-3-1-2-8-20-12)11-4-7-15-13(9-11)17-16(19)10-21-15/h4,7,9,12,14,18H,1-3,5-6,8,10H2,(H,17,19). The Morgan fingerprint density at radius 3 is 3.10 bits per heavy atom. The van der Waals surface area contributed by atoms with Crippen LogP contribution in [-0.2, 0) is 9.53 Å². The van der Waals surface area contributed by atoms with Crippen LogP contribution in [-0.4, -0.2) is 30.3 Å². The summed E-state index contributed by atoms with van der Waals surface area (Å²) >= 11 is 0. The molecule has 2 atom stereocenters. The minimum Gasteiger partial charge on any atom is -0.482 e. The van der Waals surface area contributed by atoms with Gasteiger partial charge in [0.2, 0.25) is 0 Å². The predicted molar refractivity (Wildman–Crippen MR) is 78.4 cm³/mol. The van der Waals surface area contributed by atoms with E-state index in [4.69, 9.17) is 9.47 Å². The topological polar surface area (TPSA) is 67.8 Å². The molecule has 21 heavy (non-hydrogen) atoms. The lowest BCUT2D eigenvalue weighted by Gasteiger charge is -2.24. The summed E-state index contributed by atoms with van der Waals surface area (Å²) in [6.07, 6.45) is 4.70. The lowest BCUT2D eigenvalue weighted by molar-refractivity contribution is -0.118. The van der Waals surface area contributed by atoms with Gasteiger partial charge in [0.15, 0.2) is 6.61 Å². The van der Waals surface area contributed by atoms with Gasteiger partial charge in [-0.25, -0.2) is 0 Å². The number of fused-ring (bicyclic) bond motifs is 1. The Labute approximate surface area is 124 Å². The molecule has 1 fully saturated rings. The number of hydrogen-bond acceptors (Lipinski definition) is 4. The molecule has 0 saturated carbocycles. The van der Waals surface area contributed by atoms with Crippen molar-refractivity contribution in [1.82, 2.24) is 0 Å². The van der Waals surface area contributed by atoms with E-state index >= 15 is 0 Å². The number of anilines is 1. The highest BCUT2D eigenvalue weighted by molar-refractivity contribution is 5.95. The summed E-state index contributed by atoms with van der Waals surface area (Å²) in [5, 5.41) is 13.1. The van der Waals surface area contributed by atoms with Crippen molar-refractivity contribution in [2.75, 3.05) is 18.5 Å². The lowest BCUT2D eigenvalue weighted by Crippen LogP contribution is -2.25. The van der Waals surface area contributed by atoms with Crippen molar-refractivity contribution >= 4 is 11.6 Å². The highest BCUT2D eigenvalue weighted by Gasteiger charge is 2.20. The normalized spacial score (nSPS) is 22.9. The zero-order valence-electron chi connectivity index (χ0n) is 12.0. The SMILES string of the molecule is O=C1COc2ccc(C(O)CCC3CCCCO3)cc2N1. The number of aliphatic hydroxyl groups is 1. The average molecular weight is 291 g/mol. The molecule has 1 saturated heterocycles. The fourth-order valence-corrected chi connectivity index (χ4v) is 2.85. The van der Waals surface area contributed by atoms with E-state index in [0.29, 0.717) is 17.9 Å². The number of amides is 1. The minimum absolute atomic E-state index is 0.0495. The molecule has 2 unspecified atom stereocenters. The van der Waals surface area contributed by atoms with Crippen LogP contribution < -0.4 is 10.1 Å². The van der Waals surface area contributed by atoms with Crippen molar-refractivity contribution in [1.29, 1.82) is 0 Å². The third-order valence-corrected chi connectivity index (χ3v) is 4.06. The first kappa shape index (κ1) is 14.4. The fraction of sp³-hybridized carbons (Fsp3) is 0.562. The Hall–Kier alpha value is -1.59. The molecule has 0 aliphatic carbocycles. The van der Waals surface area contributed by atoms with Crippen LogP contribution in [0.1, 0.15) is 43.8 Å². The van der Waals surface area contributed by atoms with E-state index < -0.39 is 6.10 Å². The van der Waals surface area contributed by atoms with Crippen LogP contribution >= 0.6 is 0 Å². The molecule has 1 amide bonds. The molecule has 0 spiro atoms. The van der Waals surface area contributed by atoms with Crippen molar-refractivity contribution in [3.8, 4) is 5.75 Å². The largest absolute Gasteiger partial charge is 0.482 e. The van der Waals surface area contributed by atoms with Crippen LogP contribution in [0.15, 0.2) is 18.2 Å². The molecule has 3 rings (SSSR count). The molecule has 1 aromatic rings. The van der Waals surface area contributed by atoms with Gasteiger partial charge in [0.1, 0.15) is 5.75 Å². The van der Waals surface area contributed by atoms with Crippen molar-refractivity contribution < 1.29 is 19.4 Å². The van der Waals surface area contributed by atoms with E-state index in [1.165, 1.54) is 6.42 Å². The number of aliphatic hydroxyl groups excluding tert-OH is 1. The summed E-state index contributed by atoms with van der Waals surface area (Å²) in [5.74, 6) is 0.492. The molecule has 2 heterocycles. The van der Waals surface area contributed by atoms with Gasteiger partial charge in [0.05, 0.1) is 17.9 Å². The second-order valence-corrected chi connectivity index (χ2v) is 5.67. The molecule has 2 aliphatic rings. The number of hydrogen-bond donors (Lipinski definition) is 2. The summed E-state index contributed by atoms with van der Waals surface area (Å²) in [6.45, 7) is 0.886. The molecule has 2 N–H and O–H groups in total. The third kappa shape index (κ3) is 3.54. The second-order valence-electron chi connectivity index (χ2n) is 5.67. The summed E-state index contributed by atoms with van der Waals surface area (Å²) in [6, 6.07) is 5.44. The predicted octanol–water partition coefficient (Wildman–Crippen LogP) is 2.40. The van der Waals surface area contributed by atoms with Gasteiger partial charge < -0.3 is 19.9 Å². The zero-order chi connectivity index (χ0) is 14.7. The molecule has 5 nitrogen and oxygen atoms in total. The molecule has 1 aromatic carbocycles. The van der Waals surface area contributed by atoms with Crippen molar-refractivity contribution in [3.05, 3.63) is 23.8 Å². The summed E-state index contributed by atoms with van der Waals surface area (Å²) < 4.78 is 11.0. The van der Waals surface area contributed by atoms with Gasteiger partial charge in [0, 0.05) is 6.61 Å². The number of benzene rings is 1. The third-order valence-electron chi connectivity index (χ3n) is 4.06. The van der Waals surface area contributed by atoms with Crippen molar-refractivity contribution in [2.45, 2.75) is 44.3 Å². The second kappa shape index (κ2) is 6.45. The van der Waals surface area contributed by atoms with Gasteiger partial charge in [-0.2, -0.15) is 0 Å². The number of carbonyl (C=O) groups excluding carboxylic acids is 1. The van der Waals surface area contributed by atoms with Crippen molar-refractivity contribution in [2.24, 2.45) is 0 Å². The maximum atomic E-state index is 11.3. The molecule has 114 valence electrons. The lowest BCUT2D eigenvalue weighted by atomic mass is 9.98. The molecule has 0 bridgehead atoms. The Morgan fingerprint density at radius 1 is 1.38 bits per heavy atom. The van der Waals surface area contributed by atoms with Crippen LogP contribution in [0, 0.1) is 0 Å². The van der Waals surface area contributed by atoms with Crippen LogP contribution in [0.3, 0.4) is 0 Å². The van der Waals surface area contributed by atoms with Crippen molar-refractivity contribution in [3.63, 3.8) is 0 Å². The molecule has 2 aliphatic heterocycles. The van der Waals surface area contributed by atoms with Gasteiger partial charge in [-0.3, -0.25) is 4.79 Å². The highest BCUT2D eigenvalue weighted by Crippen LogP contribution is 2.32. The molecule has 0 aromatic heterocycles. The van der Waals surface area contributed by atoms with Crippen LogP contribution in [0.5, 0.6) is 5.75 Å². The monoisotopic (exact) mass is 291 g/mol. The van der Waals surface area contributed by atoms with Crippen LogP contribution in [0.25, 0.3) is 0 Å². The quantitative estimate of drug-likeness (QED) is 0.894. The molecule has 0 radical (unpaired) electrons. The number of rotatable bonds is 4. The maximum absolute atomic E-state index is 11.3. The Balaban J connectivity index is 1.60. The number of ether oxygens (including phenoxy) is 2. The average Bonchev–Trinajstić information content (AvgIpc) is 2.53. The molecular weight excluding hydrogens is 270 g/mol. The van der Waals surface area contributed by atoms with E-state index in [-0.39, 0.29) is 18.6 Å². The van der Waals surface area contributed by atoms with E-state index in [9.17, 15) is 9.90 Å². The van der Waals surface area contributed by atoms with Gasteiger partial charge in [-0.15, -0.1) is 0 Å². The first-order chi connectivity index (χ1) is 10.2. The highest BCUT2D eigenvalue weighted by atomic mass is 16.5. The van der Waals surface area contributed by atoms with Gasteiger partial charge >= 0.3 is 0 Å². The minimum atomic E-state index is -0.542. The first-order valence-corrected chi connectivity index (χ1v) is 7.58. The summed E-state index contributed by atoms with van der Waals surface area (Å²) in [5.41, 5.74) is 1.44. The van der Waals surface area contributed by atoms with Crippen LogP contribution in [0.4, 0.5) is 5.69 Å².